The maximum atomic E-state index is 10.4. The molecular weight excluding hydrogens is 247 g/mol. The van der Waals surface area contributed by atoms with Gasteiger partial charge in [0, 0.05) is 5.02 Å². The summed E-state index contributed by atoms with van der Waals surface area (Å²) in [6.07, 6.45) is 0.302. The fourth-order valence-corrected chi connectivity index (χ4v) is 1.52. The van der Waals surface area contributed by atoms with Gasteiger partial charge in [-0.3, -0.25) is 4.55 Å². The average Bonchev–Trinajstić information content (AvgIpc) is 2.02. The maximum absolute atomic E-state index is 10.4. The summed E-state index contributed by atoms with van der Waals surface area (Å²) in [4.78, 5) is 0. The smallest absolute Gasteiger partial charge is 0.265 e. The molecule has 1 rings (SSSR count). The van der Waals surface area contributed by atoms with Crippen LogP contribution in [0.3, 0.4) is 0 Å². The van der Waals surface area contributed by atoms with E-state index in [1.165, 1.54) is 0 Å². The SMILES string of the molecule is Cl.O=S(=O)(O)CCc1ccc(Cl)cc1. The molecule has 0 atom stereocenters. The summed E-state index contributed by atoms with van der Waals surface area (Å²) < 4.78 is 29.3. The molecule has 0 unspecified atom stereocenters. The summed E-state index contributed by atoms with van der Waals surface area (Å²) in [5.74, 6) is -0.255. The molecule has 0 spiro atoms. The van der Waals surface area contributed by atoms with Crippen LogP contribution in [0.1, 0.15) is 5.56 Å². The van der Waals surface area contributed by atoms with E-state index in [-0.39, 0.29) is 18.2 Å². The Balaban J connectivity index is 0.00000169. The Morgan fingerprint density at radius 2 is 1.71 bits per heavy atom. The molecule has 0 saturated heterocycles. The van der Waals surface area contributed by atoms with E-state index in [0.29, 0.717) is 11.4 Å². The minimum atomic E-state index is -3.87. The summed E-state index contributed by atoms with van der Waals surface area (Å²) in [5.41, 5.74) is 0.835. The molecule has 0 aromatic heterocycles. The summed E-state index contributed by atoms with van der Waals surface area (Å²) in [7, 11) is -3.87. The lowest BCUT2D eigenvalue weighted by Crippen LogP contribution is -2.06. The van der Waals surface area contributed by atoms with E-state index in [9.17, 15) is 8.42 Å². The topological polar surface area (TPSA) is 54.4 Å². The molecule has 0 heterocycles. The Hall–Kier alpha value is -0.290. The van der Waals surface area contributed by atoms with Crippen molar-refractivity contribution in [2.75, 3.05) is 5.75 Å². The summed E-state index contributed by atoms with van der Waals surface area (Å²) in [6.45, 7) is 0. The van der Waals surface area contributed by atoms with Gasteiger partial charge in [0.1, 0.15) is 0 Å². The number of rotatable bonds is 3. The second-order valence-electron chi connectivity index (χ2n) is 2.66. The Morgan fingerprint density at radius 3 is 2.14 bits per heavy atom. The van der Waals surface area contributed by atoms with Gasteiger partial charge in [-0.25, -0.2) is 0 Å². The van der Waals surface area contributed by atoms with Crippen LogP contribution in [0.25, 0.3) is 0 Å². The van der Waals surface area contributed by atoms with Gasteiger partial charge in [-0.15, -0.1) is 12.4 Å². The van der Waals surface area contributed by atoms with Gasteiger partial charge in [-0.1, -0.05) is 23.7 Å². The van der Waals surface area contributed by atoms with E-state index in [0.717, 1.165) is 5.56 Å². The molecule has 3 nitrogen and oxygen atoms in total. The standard InChI is InChI=1S/C8H9ClO3S.ClH/c9-8-3-1-7(2-4-8)5-6-13(10,11)12;/h1-4H,5-6H2,(H,10,11,12);1H. The molecule has 1 aromatic rings. The lowest BCUT2D eigenvalue weighted by atomic mass is 10.2. The van der Waals surface area contributed by atoms with Gasteiger partial charge in [-0.2, -0.15) is 8.42 Å². The molecule has 80 valence electrons. The molecule has 0 radical (unpaired) electrons. The molecule has 0 aliphatic carbocycles. The summed E-state index contributed by atoms with van der Waals surface area (Å²) in [5, 5.41) is 0.607. The third-order valence-corrected chi connectivity index (χ3v) is 2.53. The molecule has 0 fully saturated rings. The van der Waals surface area contributed by atoms with Gasteiger partial charge in [-0.05, 0) is 24.1 Å². The predicted octanol–water partition coefficient (Wildman–Crippen LogP) is 2.19. The summed E-state index contributed by atoms with van der Waals surface area (Å²) >= 11 is 5.63. The zero-order chi connectivity index (χ0) is 9.90. The molecular formula is C8H10Cl2O3S. The van der Waals surface area contributed by atoms with E-state index >= 15 is 0 Å². The van der Waals surface area contributed by atoms with Crippen molar-refractivity contribution in [1.29, 1.82) is 0 Å². The third kappa shape index (κ3) is 5.44. The van der Waals surface area contributed by atoms with Crippen molar-refractivity contribution in [3.63, 3.8) is 0 Å². The van der Waals surface area contributed by atoms with Gasteiger partial charge in [0.25, 0.3) is 10.1 Å². The number of hydrogen-bond acceptors (Lipinski definition) is 2. The highest BCUT2D eigenvalue weighted by atomic mass is 35.5. The Morgan fingerprint density at radius 1 is 1.21 bits per heavy atom. The van der Waals surface area contributed by atoms with Crippen molar-refractivity contribution >= 4 is 34.1 Å². The largest absolute Gasteiger partial charge is 0.286 e. The molecule has 0 aliphatic rings. The number of hydrogen-bond donors (Lipinski definition) is 1. The van der Waals surface area contributed by atoms with Crippen LogP contribution in [-0.4, -0.2) is 18.7 Å². The number of benzene rings is 1. The Kier molecular flexibility index (Phi) is 5.44. The van der Waals surface area contributed by atoms with Gasteiger partial charge < -0.3 is 0 Å². The second kappa shape index (κ2) is 5.56. The molecule has 0 saturated carbocycles. The molecule has 0 amide bonds. The second-order valence-corrected chi connectivity index (χ2v) is 4.67. The fraction of sp³-hybridized carbons (Fsp3) is 0.250. The van der Waals surface area contributed by atoms with E-state index < -0.39 is 10.1 Å². The molecule has 1 aromatic carbocycles. The van der Waals surface area contributed by atoms with Crippen molar-refractivity contribution < 1.29 is 13.0 Å². The first-order valence-corrected chi connectivity index (χ1v) is 5.66. The third-order valence-electron chi connectivity index (χ3n) is 1.56. The van der Waals surface area contributed by atoms with E-state index in [1.54, 1.807) is 24.3 Å². The molecule has 0 bridgehead atoms. The van der Waals surface area contributed by atoms with Gasteiger partial charge >= 0.3 is 0 Å². The van der Waals surface area contributed by atoms with E-state index in [2.05, 4.69) is 0 Å². The van der Waals surface area contributed by atoms with Crippen LogP contribution in [0.5, 0.6) is 0 Å². The minimum Gasteiger partial charge on any atom is -0.286 e. The Bertz CT molecular complexity index is 372. The number of aryl methyl sites for hydroxylation is 1. The van der Waals surface area contributed by atoms with Crippen LogP contribution in [0.2, 0.25) is 5.02 Å². The molecule has 0 aliphatic heterocycles. The molecule has 1 N–H and O–H groups in total. The quantitative estimate of drug-likeness (QED) is 0.844. The average molecular weight is 257 g/mol. The van der Waals surface area contributed by atoms with Crippen LogP contribution >= 0.6 is 24.0 Å². The highest BCUT2D eigenvalue weighted by Crippen LogP contribution is 2.10. The predicted molar refractivity (Wildman–Crippen MR) is 58.8 cm³/mol. The van der Waals surface area contributed by atoms with Crippen molar-refractivity contribution in [2.45, 2.75) is 6.42 Å². The highest BCUT2D eigenvalue weighted by molar-refractivity contribution is 7.85. The van der Waals surface area contributed by atoms with Crippen LogP contribution in [0.15, 0.2) is 24.3 Å². The highest BCUT2D eigenvalue weighted by Gasteiger charge is 2.04. The summed E-state index contributed by atoms with van der Waals surface area (Å²) in [6, 6.07) is 6.82. The van der Waals surface area contributed by atoms with Crippen molar-refractivity contribution in [2.24, 2.45) is 0 Å². The Labute approximate surface area is 94.2 Å². The van der Waals surface area contributed by atoms with Crippen LogP contribution in [-0.2, 0) is 16.5 Å². The normalized spacial score (nSPS) is 10.7. The van der Waals surface area contributed by atoms with Gasteiger partial charge in [0.15, 0.2) is 0 Å². The first kappa shape index (κ1) is 13.7. The van der Waals surface area contributed by atoms with Gasteiger partial charge in [0.2, 0.25) is 0 Å². The zero-order valence-electron chi connectivity index (χ0n) is 7.18. The van der Waals surface area contributed by atoms with Crippen molar-refractivity contribution in [3.8, 4) is 0 Å². The monoisotopic (exact) mass is 256 g/mol. The fourth-order valence-electron chi connectivity index (χ4n) is 0.898. The van der Waals surface area contributed by atoms with Crippen LogP contribution in [0, 0.1) is 0 Å². The van der Waals surface area contributed by atoms with Gasteiger partial charge in [0.05, 0.1) is 5.75 Å². The lowest BCUT2D eigenvalue weighted by molar-refractivity contribution is 0.482. The number of halogens is 2. The van der Waals surface area contributed by atoms with E-state index in [1.807, 2.05) is 0 Å². The van der Waals surface area contributed by atoms with Crippen molar-refractivity contribution in [1.82, 2.24) is 0 Å². The van der Waals surface area contributed by atoms with Crippen molar-refractivity contribution in [3.05, 3.63) is 34.9 Å². The van der Waals surface area contributed by atoms with Crippen LogP contribution < -0.4 is 0 Å². The lowest BCUT2D eigenvalue weighted by Gasteiger charge is -1.98. The molecule has 6 heteroatoms. The van der Waals surface area contributed by atoms with E-state index in [4.69, 9.17) is 16.2 Å². The van der Waals surface area contributed by atoms with Crippen LogP contribution in [0.4, 0.5) is 0 Å². The minimum absolute atomic E-state index is 0. The zero-order valence-corrected chi connectivity index (χ0v) is 9.57. The maximum Gasteiger partial charge on any atom is 0.265 e. The molecule has 14 heavy (non-hydrogen) atoms. The first-order valence-electron chi connectivity index (χ1n) is 3.67. The first-order chi connectivity index (χ1) is 5.97.